The molecule has 1 fully saturated rings. The highest BCUT2D eigenvalue weighted by molar-refractivity contribution is 5.78. The van der Waals surface area contributed by atoms with E-state index >= 15 is 0 Å². The lowest BCUT2D eigenvalue weighted by molar-refractivity contribution is -0.136. The molecule has 16 heavy (non-hydrogen) atoms. The smallest absolute Gasteiger partial charge is 0.224 e. The van der Waals surface area contributed by atoms with E-state index in [0.717, 1.165) is 25.8 Å². The van der Waals surface area contributed by atoms with Crippen molar-refractivity contribution in [3.05, 3.63) is 0 Å². The fourth-order valence-corrected chi connectivity index (χ4v) is 2.28. The largest absolute Gasteiger partial charge is 0.383 e. The van der Waals surface area contributed by atoms with E-state index in [4.69, 9.17) is 10.5 Å². The molecule has 1 aliphatic rings. The van der Waals surface area contributed by atoms with E-state index in [1.165, 1.54) is 0 Å². The van der Waals surface area contributed by atoms with E-state index in [1.54, 1.807) is 7.11 Å². The Labute approximate surface area is 98.1 Å². The number of carbonyl (C=O) groups excluding carboxylic acids is 1. The van der Waals surface area contributed by atoms with Crippen LogP contribution in [0, 0.1) is 0 Å². The average molecular weight is 228 g/mol. The third-order valence-corrected chi connectivity index (χ3v) is 3.45. The highest BCUT2D eigenvalue weighted by Gasteiger charge is 2.36. The molecule has 1 rings (SSSR count). The molecule has 0 bridgehead atoms. The zero-order chi connectivity index (χ0) is 12.2. The van der Waals surface area contributed by atoms with Crippen molar-refractivity contribution in [1.29, 1.82) is 0 Å². The third kappa shape index (κ3) is 3.19. The summed E-state index contributed by atoms with van der Waals surface area (Å²) in [7, 11) is 1.66. The van der Waals surface area contributed by atoms with Crippen LogP contribution in [0.1, 0.15) is 39.5 Å². The summed E-state index contributed by atoms with van der Waals surface area (Å²) >= 11 is 0. The Kier molecular flexibility index (Phi) is 4.74. The lowest BCUT2D eigenvalue weighted by Crippen LogP contribution is -2.52. The number of ether oxygens (including phenoxy) is 1. The van der Waals surface area contributed by atoms with Crippen molar-refractivity contribution in [3.8, 4) is 0 Å². The van der Waals surface area contributed by atoms with Crippen molar-refractivity contribution >= 4 is 5.91 Å². The van der Waals surface area contributed by atoms with Gasteiger partial charge in [-0.05, 0) is 33.1 Å². The molecule has 0 aliphatic heterocycles. The minimum absolute atomic E-state index is 0.131. The predicted molar refractivity (Wildman–Crippen MR) is 64.1 cm³/mol. The molecular weight excluding hydrogens is 204 g/mol. The van der Waals surface area contributed by atoms with Gasteiger partial charge in [-0.15, -0.1) is 0 Å². The Bertz CT molecular complexity index is 239. The molecule has 0 radical (unpaired) electrons. The first-order valence-electron chi connectivity index (χ1n) is 6.09. The van der Waals surface area contributed by atoms with Gasteiger partial charge in [-0.1, -0.05) is 0 Å². The predicted octanol–water partition coefficient (Wildman–Crippen LogP) is 1.14. The van der Waals surface area contributed by atoms with E-state index in [9.17, 15) is 4.79 Å². The summed E-state index contributed by atoms with van der Waals surface area (Å²) in [5.74, 6) is 0.161. The molecule has 94 valence electrons. The lowest BCUT2D eigenvalue weighted by atomic mass is 9.75. The Morgan fingerprint density at radius 3 is 2.56 bits per heavy atom. The molecule has 0 saturated heterocycles. The van der Waals surface area contributed by atoms with Crippen LogP contribution in [0.25, 0.3) is 0 Å². The van der Waals surface area contributed by atoms with Gasteiger partial charge in [0, 0.05) is 25.6 Å². The first kappa shape index (κ1) is 13.5. The van der Waals surface area contributed by atoms with Crippen molar-refractivity contribution in [1.82, 2.24) is 4.90 Å². The SMILES string of the molecule is CCN(C(=O)CC1(N)CCC1)C(C)COC. The number of hydrogen-bond donors (Lipinski definition) is 1. The monoisotopic (exact) mass is 228 g/mol. The van der Waals surface area contributed by atoms with Gasteiger partial charge in [-0.25, -0.2) is 0 Å². The molecule has 0 heterocycles. The van der Waals surface area contributed by atoms with Crippen molar-refractivity contribution in [2.75, 3.05) is 20.3 Å². The third-order valence-electron chi connectivity index (χ3n) is 3.45. The Hall–Kier alpha value is -0.610. The molecule has 0 spiro atoms. The maximum absolute atomic E-state index is 12.1. The van der Waals surface area contributed by atoms with Crippen LogP contribution < -0.4 is 5.73 Å². The van der Waals surface area contributed by atoms with Crippen LogP contribution in [0.3, 0.4) is 0 Å². The van der Waals surface area contributed by atoms with Gasteiger partial charge in [0.25, 0.3) is 0 Å². The summed E-state index contributed by atoms with van der Waals surface area (Å²) in [5, 5.41) is 0. The summed E-state index contributed by atoms with van der Waals surface area (Å²) in [6, 6.07) is 0.131. The topological polar surface area (TPSA) is 55.6 Å². The second kappa shape index (κ2) is 5.64. The van der Waals surface area contributed by atoms with Gasteiger partial charge in [0.15, 0.2) is 0 Å². The van der Waals surface area contributed by atoms with E-state index in [-0.39, 0.29) is 17.5 Å². The zero-order valence-corrected chi connectivity index (χ0v) is 10.7. The van der Waals surface area contributed by atoms with E-state index in [0.29, 0.717) is 13.0 Å². The number of nitrogens with zero attached hydrogens (tertiary/aromatic N) is 1. The minimum Gasteiger partial charge on any atom is -0.383 e. The first-order chi connectivity index (χ1) is 7.52. The second-order valence-electron chi connectivity index (χ2n) is 4.88. The Morgan fingerprint density at radius 1 is 1.56 bits per heavy atom. The fraction of sp³-hybridized carbons (Fsp3) is 0.917. The fourth-order valence-electron chi connectivity index (χ4n) is 2.28. The van der Waals surface area contributed by atoms with Gasteiger partial charge in [-0.3, -0.25) is 4.79 Å². The molecule has 0 aromatic rings. The normalized spacial score (nSPS) is 20.0. The number of hydrogen-bond acceptors (Lipinski definition) is 3. The molecule has 1 unspecified atom stereocenters. The van der Waals surface area contributed by atoms with Crippen molar-refractivity contribution < 1.29 is 9.53 Å². The standard InChI is InChI=1S/C12H24N2O2/c1-4-14(10(2)9-16-3)11(15)8-12(13)6-5-7-12/h10H,4-9,13H2,1-3H3. The Balaban J connectivity index is 2.48. The number of likely N-dealkylation sites (N-methyl/N-ethyl adjacent to an activating group) is 1. The highest BCUT2D eigenvalue weighted by atomic mass is 16.5. The van der Waals surface area contributed by atoms with Crippen LogP contribution in [0.15, 0.2) is 0 Å². The van der Waals surface area contributed by atoms with E-state index < -0.39 is 0 Å². The summed E-state index contributed by atoms with van der Waals surface area (Å²) in [4.78, 5) is 13.9. The van der Waals surface area contributed by atoms with Crippen LogP contribution in [-0.2, 0) is 9.53 Å². The summed E-state index contributed by atoms with van der Waals surface area (Å²) in [5.41, 5.74) is 5.87. The molecule has 4 nitrogen and oxygen atoms in total. The van der Waals surface area contributed by atoms with Crippen molar-refractivity contribution in [2.24, 2.45) is 5.73 Å². The Morgan fingerprint density at radius 2 is 2.19 bits per heavy atom. The van der Waals surface area contributed by atoms with Gasteiger partial charge in [0.2, 0.25) is 5.91 Å². The molecule has 1 aliphatic carbocycles. The van der Waals surface area contributed by atoms with Gasteiger partial charge in [-0.2, -0.15) is 0 Å². The number of carbonyl (C=O) groups is 1. The number of amides is 1. The van der Waals surface area contributed by atoms with Gasteiger partial charge in [0.05, 0.1) is 12.6 Å². The first-order valence-corrected chi connectivity index (χ1v) is 6.09. The molecule has 1 amide bonds. The molecule has 1 atom stereocenters. The molecule has 2 N–H and O–H groups in total. The van der Waals surface area contributed by atoms with Crippen molar-refractivity contribution in [2.45, 2.75) is 51.1 Å². The minimum atomic E-state index is -0.225. The van der Waals surface area contributed by atoms with Crippen LogP contribution >= 0.6 is 0 Å². The van der Waals surface area contributed by atoms with Crippen LogP contribution in [-0.4, -0.2) is 42.6 Å². The molecule has 0 aromatic carbocycles. The average Bonchev–Trinajstić information content (AvgIpc) is 2.16. The van der Waals surface area contributed by atoms with Gasteiger partial charge >= 0.3 is 0 Å². The van der Waals surface area contributed by atoms with E-state index in [2.05, 4.69) is 0 Å². The highest BCUT2D eigenvalue weighted by Crippen LogP contribution is 2.32. The van der Waals surface area contributed by atoms with Gasteiger partial charge in [0.1, 0.15) is 0 Å². The van der Waals surface area contributed by atoms with Gasteiger partial charge < -0.3 is 15.4 Å². The number of rotatable bonds is 6. The van der Waals surface area contributed by atoms with Crippen LogP contribution in [0.2, 0.25) is 0 Å². The molecule has 4 heteroatoms. The zero-order valence-electron chi connectivity index (χ0n) is 10.7. The number of nitrogens with two attached hydrogens (primary N) is 1. The quantitative estimate of drug-likeness (QED) is 0.741. The maximum Gasteiger partial charge on any atom is 0.224 e. The lowest BCUT2D eigenvalue weighted by Gasteiger charge is -2.39. The number of methoxy groups -OCH3 is 1. The van der Waals surface area contributed by atoms with Crippen LogP contribution in [0.5, 0.6) is 0 Å². The van der Waals surface area contributed by atoms with Crippen LogP contribution in [0.4, 0.5) is 0 Å². The van der Waals surface area contributed by atoms with Crippen molar-refractivity contribution in [3.63, 3.8) is 0 Å². The summed E-state index contributed by atoms with van der Waals surface area (Å²) in [6.45, 7) is 5.31. The summed E-state index contributed by atoms with van der Waals surface area (Å²) in [6.07, 6.45) is 3.60. The summed E-state index contributed by atoms with van der Waals surface area (Å²) < 4.78 is 5.08. The molecule has 1 saturated carbocycles. The van der Waals surface area contributed by atoms with E-state index in [1.807, 2.05) is 18.7 Å². The molecular formula is C12H24N2O2. The maximum atomic E-state index is 12.1. The molecule has 0 aromatic heterocycles. The second-order valence-corrected chi connectivity index (χ2v) is 4.88.